The summed E-state index contributed by atoms with van der Waals surface area (Å²) in [5.74, 6) is -1.50. The van der Waals surface area contributed by atoms with Crippen LogP contribution in [0.3, 0.4) is 0 Å². The van der Waals surface area contributed by atoms with E-state index in [0.29, 0.717) is 16.9 Å². The van der Waals surface area contributed by atoms with Crippen molar-refractivity contribution in [3.8, 4) is 0 Å². The van der Waals surface area contributed by atoms with E-state index in [4.69, 9.17) is 5.73 Å². The Kier molecular flexibility index (Phi) is 3.59. The summed E-state index contributed by atoms with van der Waals surface area (Å²) in [6.07, 6.45) is 0. The second-order valence-corrected chi connectivity index (χ2v) is 5.54. The van der Waals surface area contributed by atoms with Crippen molar-refractivity contribution in [1.82, 2.24) is 14.3 Å². The van der Waals surface area contributed by atoms with Gasteiger partial charge >= 0.3 is 0 Å². The van der Waals surface area contributed by atoms with E-state index >= 15 is 0 Å². The molecule has 3 N–H and O–H groups in total. The highest BCUT2D eigenvalue weighted by molar-refractivity contribution is 6.09. The van der Waals surface area contributed by atoms with Crippen molar-refractivity contribution in [1.29, 1.82) is 0 Å². The van der Waals surface area contributed by atoms with Gasteiger partial charge < -0.3 is 15.6 Å². The third kappa shape index (κ3) is 2.41. The van der Waals surface area contributed by atoms with Crippen LogP contribution in [0.2, 0.25) is 0 Å². The number of fused-ring (bicyclic) bond motifs is 1. The normalized spacial score (nSPS) is 11.0. The number of primary amides is 1. The van der Waals surface area contributed by atoms with Gasteiger partial charge in [-0.3, -0.25) is 14.3 Å². The van der Waals surface area contributed by atoms with Gasteiger partial charge in [-0.15, -0.1) is 0 Å². The molecular weight excluding hydrogens is 313 g/mol. The first-order chi connectivity index (χ1) is 11.3. The highest BCUT2D eigenvalue weighted by Crippen LogP contribution is 2.23. The van der Waals surface area contributed by atoms with E-state index in [9.17, 15) is 14.0 Å². The zero-order chi connectivity index (χ0) is 17.6. The van der Waals surface area contributed by atoms with E-state index in [2.05, 4.69) is 10.4 Å². The molecule has 2 amide bonds. The molecule has 24 heavy (non-hydrogen) atoms. The topological polar surface area (TPSA) is 94.9 Å². The van der Waals surface area contributed by atoms with Gasteiger partial charge in [0.15, 0.2) is 0 Å². The number of nitrogens with two attached hydrogens (primary N) is 1. The minimum Gasteiger partial charge on any atom is -0.364 e. The van der Waals surface area contributed by atoms with Crippen LogP contribution in [0.5, 0.6) is 0 Å². The van der Waals surface area contributed by atoms with Crippen LogP contribution in [0.25, 0.3) is 10.9 Å². The molecule has 0 saturated carbocycles. The van der Waals surface area contributed by atoms with Crippen LogP contribution in [-0.4, -0.2) is 26.2 Å². The standard InChI is InChI=1S/C16H16FN5O2/c1-8-13(14(15(18)23)22(3)20-8)19-16(24)12-6-9-4-5-10(17)7-11(9)21(12)2/h4-7H,1-3H3,(H2,18,23)(H,19,24). The van der Waals surface area contributed by atoms with E-state index in [0.717, 1.165) is 5.39 Å². The van der Waals surface area contributed by atoms with Gasteiger partial charge in [-0.2, -0.15) is 5.10 Å². The predicted octanol–water partition coefficient (Wildman–Crippen LogP) is 1.71. The Balaban J connectivity index is 2.03. The number of hydrogen-bond donors (Lipinski definition) is 2. The van der Waals surface area contributed by atoms with Crippen LogP contribution in [-0.2, 0) is 14.1 Å². The zero-order valence-corrected chi connectivity index (χ0v) is 13.4. The molecule has 0 aliphatic carbocycles. The van der Waals surface area contributed by atoms with Gasteiger partial charge in [-0.05, 0) is 31.2 Å². The van der Waals surface area contributed by atoms with Crippen molar-refractivity contribution in [2.24, 2.45) is 19.8 Å². The molecule has 0 aliphatic rings. The lowest BCUT2D eigenvalue weighted by Gasteiger charge is -2.07. The Hall–Kier alpha value is -3.16. The largest absolute Gasteiger partial charge is 0.364 e. The quantitative estimate of drug-likeness (QED) is 0.766. The van der Waals surface area contributed by atoms with E-state index in [1.54, 1.807) is 37.7 Å². The molecule has 0 spiro atoms. The lowest BCUT2D eigenvalue weighted by molar-refractivity contribution is 0.0992. The Bertz CT molecular complexity index is 986. The van der Waals surface area contributed by atoms with Gasteiger partial charge in [-0.25, -0.2) is 4.39 Å². The molecular formula is C16H16FN5O2. The molecule has 3 rings (SSSR count). The van der Waals surface area contributed by atoms with E-state index < -0.39 is 11.8 Å². The summed E-state index contributed by atoms with van der Waals surface area (Å²) in [5, 5.41) is 7.51. The van der Waals surface area contributed by atoms with Gasteiger partial charge in [-0.1, -0.05) is 0 Å². The number of benzene rings is 1. The zero-order valence-electron chi connectivity index (χ0n) is 13.4. The highest BCUT2D eigenvalue weighted by Gasteiger charge is 2.22. The molecule has 0 bridgehead atoms. The first-order valence-corrected chi connectivity index (χ1v) is 7.19. The first-order valence-electron chi connectivity index (χ1n) is 7.19. The first kappa shape index (κ1) is 15.7. The number of anilines is 1. The number of aryl methyl sites for hydroxylation is 3. The molecule has 2 heterocycles. The van der Waals surface area contributed by atoms with Gasteiger partial charge in [0.05, 0.1) is 16.9 Å². The Labute approximate surface area is 136 Å². The summed E-state index contributed by atoms with van der Waals surface area (Å²) >= 11 is 0. The summed E-state index contributed by atoms with van der Waals surface area (Å²) < 4.78 is 16.3. The van der Waals surface area contributed by atoms with Crippen molar-refractivity contribution in [3.63, 3.8) is 0 Å². The number of aromatic nitrogens is 3. The number of halogens is 1. The van der Waals surface area contributed by atoms with E-state index in [1.807, 2.05) is 0 Å². The smallest absolute Gasteiger partial charge is 0.272 e. The number of nitrogens with zero attached hydrogens (tertiary/aromatic N) is 3. The summed E-state index contributed by atoms with van der Waals surface area (Å²) in [4.78, 5) is 24.2. The highest BCUT2D eigenvalue weighted by atomic mass is 19.1. The average molecular weight is 329 g/mol. The van der Waals surface area contributed by atoms with Crippen molar-refractivity contribution in [2.75, 3.05) is 5.32 Å². The fourth-order valence-electron chi connectivity index (χ4n) is 2.79. The van der Waals surface area contributed by atoms with Gasteiger partial charge in [0, 0.05) is 19.5 Å². The minimum atomic E-state index is -0.687. The maximum Gasteiger partial charge on any atom is 0.272 e. The Morgan fingerprint density at radius 2 is 1.96 bits per heavy atom. The molecule has 1 aromatic carbocycles. The second-order valence-electron chi connectivity index (χ2n) is 5.54. The lowest BCUT2D eigenvalue weighted by Crippen LogP contribution is -2.21. The van der Waals surface area contributed by atoms with Gasteiger partial charge in [0.25, 0.3) is 11.8 Å². The molecule has 124 valence electrons. The number of nitrogens with one attached hydrogen (secondary N) is 1. The van der Waals surface area contributed by atoms with Crippen LogP contribution < -0.4 is 11.1 Å². The van der Waals surface area contributed by atoms with Crippen molar-refractivity contribution < 1.29 is 14.0 Å². The SMILES string of the molecule is Cc1nn(C)c(C(N)=O)c1NC(=O)c1cc2ccc(F)cc2n1C. The monoisotopic (exact) mass is 329 g/mol. The van der Waals surface area contributed by atoms with Crippen LogP contribution in [0, 0.1) is 12.7 Å². The molecule has 0 aliphatic heterocycles. The van der Waals surface area contributed by atoms with Crippen molar-refractivity contribution >= 4 is 28.4 Å². The van der Waals surface area contributed by atoms with Gasteiger partial charge in [0.1, 0.15) is 17.2 Å². The molecule has 0 fully saturated rings. The second kappa shape index (κ2) is 5.48. The third-order valence-electron chi connectivity index (χ3n) is 3.93. The number of carbonyl (C=O) groups excluding carboxylic acids is 2. The van der Waals surface area contributed by atoms with Crippen LogP contribution in [0.4, 0.5) is 10.1 Å². The number of amides is 2. The number of carbonyl (C=O) groups is 2. The maximum atomic E-state index is 13.4. The van der Waals surface area contributed by atoms with Crippen LogP contribution >= 0.6 is 0 Å². The van der Waals surface area contributed by atoms with Crippen molar-refractivity contribution in [2.45, 2.75) is 6.92 Å². The average Bonchev–Trinajstić information content (AvgIpc) is 2.97. The summed E-state index contributed by atoms with van der Waals surface area (Å²) in [5.41, 5.74) is 7.14. The Morgan fingerprint density at radius 1 is 1.25 bits per heavy atom. The molecule has 8 heteroatoms. The van der Waals surface area contributed by atoms with E-state index in [1.165, 1.54) is 16.8 Å². The maximum absolute atomic E-state index is 13.4. The van der Waals surface area contributed by atoms with E-state index in [-0.39, 0.29) is 17.2 Å². The fourth-order valence-corrected chi connectivity index (χ4v) is 2.79. The summed E-state index contributed by atoms with van der Waals surface area (Å²) in [7, 11) is 3.24. The predicted molar refractivity (Wildman–Crippen MR) is 87.3 cm³/mol. The Morgan fingerprint density at radius 3 is 2.62 bits per heavy atom. The molecule has 0 unspecified atom stereocenters. The summed E-state index contributed by atoms with van der Waals surface area (Å²) in [6.45, 7) is 1.67. The van der Waals surface area contributed by atoms with Crippen LogP contribution in [0.1, 0.15) is 26.7 Å². The van der Waals surface area contributed by atoms with Gasteiger partial charge in [0.2, 0.25) is 0 Å². The molecule has 0 saturated heterocycles. The van der Waals surface area contributed by atoms with Crippen molar-refractivity contribution in [3.05, 3.63) is 47.2 Å². The lowest BCUT2D eigenvalue weighted by atomic mass is 10.2. The fraction of sp³-hybridized carbons (Fsp3) is 0.188. The number of hydrogen-bond acceptors (Lipinski definition) is 3. The third-order valence-corrected chi connectivity index (χ3v) is 3.93. The molecule has 3 aromatic rings. The number of rotatable bonds is 3. The summed E-state index contributed by atoms with van der Waals surface area (Å²) in [6, 6.07) is 5.95. The minimum absolute atomic E-state index is 0.116. The molecule has 7 nitrogen and oxygen atoms in total. The molecule has 0 atom stereocenters. The molecule has 2 aromatic heterocycles. The van der Waals surface area contributed by atoms with Crippen LogP contribution in [0.15, 0.2) is 24.3 Å². The molecule has 0 radical (unpaired) electrons.